The first-order valence-corrected chi connectivity index (χ1v) is 4.91. The fourth-order valence-corrected chi connectivity index (χ4v) is 1.61. The molecule has 0 atom stereocenters. The highest BCUT2D eigenvalue weighted by Gasteiger charge is 2.14. The van der Waals surface area contributed by atoms with Crippen molar-refractivity contribution in [2.75, 3.05) is 13.1 Å². The van der Waals surface area contributed by atoms with E-state index in [4.69, 9.17) is 0 Å². The van der Waals surface area contributed by atoms with Gasteiger partial charge in [0.05, 0.1) is 0 Å². The minimum Gasteiger partial charge on any atom is -0.312 e. The molecule has 1 heteroatoms. The second kappa shape index (κ2) is 4.43. The Morgan fingerprint density at radius 3 is 2.77 bits per heavy atom. The molecule has 0 fully saturated rings. The van der Waals surface area contributed by atoms with Crippen molar-refractivity contribution in [3.05, 3.63) is 36.0 Å². The van der Waals surface area contributed by atoms with Crippen LogP contribution >= 0.6 is 0 Å². The van der Waals surface area contributed by atoms with E-state index >= 15 is 0 Å². The summed E-state index contributed by atoms with van der Waals surface area (Å²) in [5.41, 5.74) is 4.02. The van der Waals surface area contributed by atoms with Crippen LogP contribution in [0.3, 0.4) is 0 Å². The molecular formula is C12H19N. The van der Waals surface area contributed by atoms with E-state index in [2.05, 4.69) is 32.3 Å². The number of hydrogen-bond donors (Lipinski definition) is 1. The molecule has 0 amide bonds. The largest absolute Gasteiger partial charge is 0.312 e. The minimum absolute atomic E-state index is 0.544. The first-order valence-electron chi connectivity index (χ1n) is 4.91. The lowest BCUT2D eigenvalue weighted by atomic mass is 9.89. The molecule has 1 N–H and O–H groups in total. The van der Waals surface area contributed by atoms with Crippen molar-refractivity contribution in [2.45, 2.75) is 20.3 Å². The van der Waals surface area contributed by atoms with Gasteiger partial charge in [0.15, 0.2) is 0 Å². The molecule has 0 bridgehead atoms. The van der Waals surface area contributed by atoms with E-state index < -0.39 is 0 Å². The standard InChI is InChI=1S/C12H19N/c1-5-11-8-13-7-6-12(11)10(4)9(2)3/h5,9,13H,1,4,6-8H2,2-3H3. The summed E-state index contributed by atoms with van der Waals surface area (Å²) >= 11 is 0. The zero-order valence-corrected chi connectivity index (χ0v) is 8.69. The molecule has 0 saturated heterocycles. The Hall–Kier alpha value is -0.820. The zero-order valence-electron chi connectivity index (χ0n) is 8.69. The third-order valence-corrected chi connectivity index (χ3v) is 2.59. The summed E-state index contributed by atoms with van der Waals surface area (Å²) in [6, 6.07) is 0. The molecule has 0 aromatic rings. The quantitative estimate of drug-likeness (QED) is 0.699. The summed E-state index contributed by atoms with van der Waals surface area (Å²) in [6.07, 6.45) is 3.05. The van der Waals surface area contributed by atoms with Gasteiger partial charge in [0, 0.05) is 6.54 Å². The number of rotatable bonds is 3. The third kappa shape index (κ3) is 2.31. The van der Waals surface area contributed by atoms with E-state index in [0.29, 0.717) is 5.92 Å². The molecule has 0 aromatic heterocycles. The van der Waals surface area contributed by atoms with Crippen LogP contribution in [0, 0.1) is 5.92 Å². The maximum absolute atomic E-state index is 4.14. The van der Waals surface area contributed by atoms with E-state index in [1.807, 2.05) is 6.08 Å². The molecule has 0 spiro atoms. The van der Waals surface area contributed by atoms with Crippen LogP contribution in [0.15, 0.2) is 36.0 Å². The first-order chi connectivity index (χ1) is 6.16. The highest BCUT2D eigenvalue weighted by atomic mass is 14.9. The average molecular weight is 177 g/mol. The fraction of sp³-hybridized carbons (Fsp3) is 0.500. The summed E-state index contributed by atoms with van der Waals surface area (Å²) in [5, 5.41) is 3.34. The summed E-state index contributed by atoms with van der Waals surface area (Å²) in [5.74, 6) is 0.544. The number of hydrogen-bond acceptors (Lipinski definition) is 1. The van der Waals surface area contributed by atoms with Crippen LogP contribution in [0.1, 0.15) is 20.3 Å². The predicted molar refractivity (Wildman–Crippen MR) is 58.7 cm³/mol. The summed E-state index contributed by atoms with van der Waals surface area (Å²) in [6.45, 7) is 14.4. The topological polar surface area (TPSA) is 12.0 Å². The van der Waals surface area contributed by atoms with Crippen LogP contribution in [0.2, 0.25) is 0 Å². The van der Waals surface area contributed by atoms with Crippen molar-refractivity contribution >= 4 is 0 Å². The lowest BCUT2D eigenvalue weighted by Gasteiger charge is -2.22. The van der Waals surface area contributed by atoms with Gasteiger partial charge in [-0.05, 0) is 35.6 Å². The molecule has 0 aliphatic carbocycles. The Kier molecular flexibility index (Phi) is 3.49. The van der Waals surface area contributed by atoms with Crippen LogP contribution in [-0.2, 0) is 0 Å². The van der Waals surface area contributed by atoms with Crippen molar-refractivity contribution < 1.29 is 0 Å². The van der Waals surface area contributed by atoms with Gasteiger partial charge in [0.25, 0.3) is 0 Å². The monoisotopic (exact) mass is 177 g/mol. The van der Waals surface area contributed by atoms with Gasteiger partial charge in [0.2, 0.25) is 0 Å². The van der Waals surface area contributed by atoms with E-state index in [9.17, 15) is 0 Å². The van der Waals surface area contributed by atoms with Gasteiger partial charge < -0.3 is 5.32 Å². The van der Waals surface area contributed by atoms with E-state index in [-0.39, 0.29) is 0 Å². The molecule has 0 aromatic carbocycles. The fourth-order valence-electron chi connectivity index (χ4n) is 1.61. The lowest BCUT2D eigenvalue weighted by molar-refractivity contribution is 0.666. The average Bonchev–Trinajstić information content (AvgIpc) is 2.16. The Balaban J connectivity index is 2.90. The molecule has 0 radical (unpaired) electrons. The molecular weight excluding hydrogens is 158 g/mol. The van der Waals surface area contributed by atoms with Gasteiger partial charge in [-0.1, -0.05) is 33.1 Å². The van der Waals surface area contributed by atoms with Crippen LogP contribution in [0.25, 0.3) is 0 Å². The molecule has 13 heavy (non-hydrogen) atoms. The van der Waals surface area contributed by atoms with Crippen LogP contribution in [0.5, 0.6) is 0 Å². The van der Waals surface area contributed by atoms with Crippen molar-refractivity contribution in [1.29, 1.82) is 0 Å². The van der Waals surface area contributed by atoms with Gasteiger partial charge in [-0.15, -0.1) is 0 Å². The van der Waals surface area contributed by atoms with Gasteiger partial charge in [-0.3, -0.25) is 0 Å². The zero-order chi connectivity index (χ0) is 9.84. The van der Waals surface area contributed by atoms with Crippen LogP contribution in [-0.4, -0.2) is 13.1 Å². The van der Waals surface area contributed by atoms with Gasteiger partial charge >= 0.3 is 0 Å². The number of allylic oxidation sites excluding steroid dienone is 1. The predicted octanol–water partition coefficient (Wildman–Crippen LogP) is 2.67. The SMILES string of the molecule is C=CC1=C(C(=C)C(C)C)CCNC1. The Morgan fingerprint density at radius 2 is 2.23 bits per heavy atom. The smallest absolute Gasteiger partial charge is 0.0208 e. The summed E-state index contributed by atoms with van der Waals surface area (Å²) in [7, 11) is 0. The molecule has 1 nitrogen and oxygen atoms in total. The molecule has 1 aliphatic heterocycles. The summed E-state index contributed by atoms with van der Waals surface area (Å²) in [4.78, 5) is 0. The molecule has 1 aliphatic rings. The van der Waals surface area contributed by atoms with Gasteiger partial charge in [0.1, 0.15) is 0 Å². The Labute approximate surface area is 81.2 Å². The van der Waals surface area contributed by atoms with E-state index in [0.717, 1.165) is 19.5 Å². The van der Waals surface area contributed by atoms with Crippen molar-refractivity contribution in [3.8, 4) is 0 Å². The Bertz CT molecular complexity index is 246. The molecule has 1 rings (SSSR count). The lowest BCUT2D eigenvalue weighted by Crippen LogP contribution is -2.25. The maximum Gasteiger partial charge on any atom is 0.0208 e. The van der Waals surface area contributed by atoms with E-state index in [1.165, 1.54) is 16.7 Å². The van der Waals surface area contributed by atoms with Crippen LogP contribution in [0.4, 0.5) is 0 Å². The molecule has 72 valence electrons. The second-order valence-electron chi connectivity index (χ2n) is 3.81. The number of nitrogens with one attached hydrogen (secondary N) is 1. The van der Waals surface area contributed by atoms with E-state index in [1.54, 1.807) is 0 Å². The third-order valence-electron chi connectivity index (χ3n) is 2.59. The molecule has 0 saturated carbocycles. The normalized spacial score (nSPS) is 17.8. The van der Waals surface area contributed by atoms with Crippen LogP contribution < -0.4 is 5.32 Å². The molecule has 0 unspecified atom stereocenters. The highest BCUT2D eigenvalue weighted by Crippen LogP contribution is 2.25. The van der Waals surface area contributed by atoms with Crippen molar-refractivity contribution in [2.24, 2.45) is 5.92 Å². The molecule has 1 heterocycles. The Morgan fingerprint density at radius 1 is 1.54 bits per heavy atom. The highest BCUT2D eigenvalue weighted by molar-refractivity contribution is 5.41. The first kappa shape index (κ1) is 10.3. The maximum atomic E-state index is 4.14. The minimum atomic E-state index is 0.544. The van der Waals surface area contributed by atoms with Gasteiger partial charge in [-0.25, -0.2) is 0 Å². The summed E-state index contributed by atoms with van der Waals surface area (Å²) < 4.78 is 0. The van der Waals surface area contributed by atoms with Gasteiger partial charge in [-0.2, -0.15) is 0 Å². The van der Waals surface area contributed by atoms with Crippen molar-refractivity contribution in [1.82, 2.24) is 5.32 Å². The van der Waals surface area contributed by atoms with Crippen molar-refractivity contribution in [3.63, 3.8) is 0 Å². The second-order valence-corrected chi connectivity index (χ2v) is 3.81.